The number of aryl methyl sites for hydroxylation is 1. The summed E-state index contributed by atoms with van der Waals surface area (Å²) in [4.78, 5) is 16.9. The summed E-state index contributed by atoms with van der Waals surface area (Å²) in [5.41, 5.74) is 1.32. The Bertz CT molecular complexity index is 1010. The molecule has 3 rings (SSSR count). The lowest BCUT2D eigenvalue weighted by atomic mass is 10.0. The number of nitrogens with one attached hydrogen (secondary N) is 1. The van der Waals surface area contributed by atoms with Gasteiger partial charge in [-0.2, -0.15) is 0 Å². The number of anilines is 2. The average Bonchev–Trinajstić information content (AvgIpc) is 3.04. The molecule has 1 saturated heterocycles. The molecule has 0 unspecified atom stereocenters. The first-order chi connectivity index (χ1) is 13.6. The maximum Gasteiger partial charge on any atom is 0.266 e. The zero-order chi connectivity index (χ0) is 21.3. The second-order valence-corrected chi connectivity index (χ2v) is 10.3. The molecule has 0 atom stereocenters. The molecule has 0 bridgehead atoms. The first-order valence-electron chi connectivity index (χ1n) is 9.22. The summed E-state index contributed by atoms with van der Waals surface area (Å²) >= 11 is 0.795. The van der Waals surface area contributed by atoms with E-state index in [9.17, 15) is 17.6 Å². The molecule has 7 nitrogen and oxygen atoms in total. The summed E-state index contributed by atoms with van der Waals surface area (Å²) in [6, 6.07) is 6.46. The Morgan fingerprint density at radius 2 is 1.93 bits per heavy atom. The van der Waals surface area contributed by atoms with E-state index in [2.05, 4.69) is 24.3 Å². The number of sulfonamides is 1. The third-order valence-electron chi connectivity index (χ3n) is 5.12. The Balaban J connectivity index is 1.71. The van der Waals surface area contributed by atoms with Crippen LogP contribution in [0.15, 0.2) is 28.5 Å². The highest BCUT2D eigenvalue weighted by atomic mass is 32.2. The van der Waals surface area contributed by atoms with Gasteiger partial charge >= 0.3 is 0 Å². The number of carbonyl (C=O) groups is 1. The summed E-state index contributed by atoms with van der Waals surface area (Å²) in [5, 5.41) is 7.75. The smallest absolute Gasteiger partial charge is 0.266 e. The minimum absolute atomic E-state index is 0.0807. The van der Waals surface area contributed by atoms with Gasteiger partial charge < -0.3 is 15.1 Å². The Morgan fingerprint density at radius 3 is 2.45 bits per heavy atom. The molecule has 1 aliphatic rings. The number of benzene rings is 1. The first kappa shape index (κ1) is 21.7. The van der Waals surface area contributed by atoms with Crippen LogP contribution in [0.1, 0.15) is 28.1 Å². The van der Waals surface area contributed by atoms with Gasteiger partial charge in [-0.3, -0.25) is 4.79 Å². The molecule has 1 amide bonds. The van der Waals surface area contributed by atoms with Crippen molar-refractivity contribution in [2.45, 2.75) is 30.0 Å². The van der Waals surface area contributed by atoms with Gasteiger partial charge in [0.05, 0.1) is 10.6 Å². The molecular formula is C19H25FN4O3S2. The van der Waals surface area contributed by atoms with Crippen molar-refractivity contribution in [3.05, 3.63) is 40.5 Å². The molecule has 0 radical (unpaired) electrons. The number of piperidine rings is 1. The third kappa shape index (κ3) is 4.95. The number of nitrogens with zero attached hydrogens (tertiary/aromatic N) is 2. The second kappa shape index (κ2) is 8.39. The lowest BCUT2D eigenvalue weighted by molar-refractivity contribution is 0.103. The number of rotatable bonds is 5. The molecule has 0 aliphatic carbocycles. The lowest BCUT2D eigenvalue weighted by Crippen LogP contribution is -2.42. The highest BCUT2D eigenvalue weighted by Gasteiger charge is 2.23. The van der Waals surface area contributed by atoms with E-state index in [1.54, 1.807) is 19.1 Å². The fourth-order valence-corrected chi connectivity index (χ4v) is 5.33. The molecule has 1 fully saturated rings. The van der Waals surface area contributed by atoms with Crippen LogP contribution in [0.25, 0.3) is 0 Å². The molecule has 0 spiro atoms. The molecule has 1 aliphatic heterocycles. The van der Waals surface area contributed by atoms with Crippen molar-refractivity contribution in [2.24, 2.45) is 5.14 Å². The Morgan fingerprint density at radius 1 is 1.28 bits per heavy atom. The van der Waals surface area contributed by atoms with Gasteiger partial charge in [-0.15, -0.1) is 11.3 Å². The molecule has 10 heteroatoms. The highest BCUT2D eigenvalue weighted by Crippen LogP contribution is 2.29. The minimum atomic E-state index is -3.88. The van der Waals surface area contributed by atoms with E-state index in [-0.39, 0.29) is 9.09 Å². The quantitative estimate of drug-likeness (QED) is 0.745. The summed E-state index contributed by atoms with van der Waals surface area (Å²) in [7, 11) is 0.235. The van der Waals surface area contributed by atoms with Crippen molar-refractivity contribution >= 4 is 38.6 Å². The van der Waals surface area contributed by atoms with Gasteiger partial charge in [-0.25, -0.2) is 17.9 Å². The van der Waals surface area contributed by atoms with E-state index in [1.165, 1.54) is 12.1 Å². The fourth-order valence-electron chi connectivity index (χ4n) is 3.47. The van der Waals surface area contributed by atoms with Crippen molar-refractivity contribution in [3.63, 3.8) is 0 Å². The number of hydrogen-bond donors (Lipinski definition) is 2. The predicted octanol–water partition coefficient (Wildman–Crippen LogP) is 2.63. The molecule has 0 saturated carbocycles. The molecule has 2 heterocycles. The normalized spacial score (nSPS) is 15.7. The van der Waals surface area contributed by atoms with Crippen LogP contribution in [0.3, 0.4) is 0 Å². The third-order valence-corrected chi connectivity index (χ3v) is 7.78. The molecule has 29 heavy (non-hydrogen) atoms. The lowest BCUT2D eigenvalue weighted by Gasteiger charge is -2.36. The van der Waals surface area contributed by atoms with Gasteiger partial charge in [0.2, 0.25) is 10.0 Å². The summed E-state index contributed by atoms with van der Waals surface area (Å²) in [5.74, 6) is -0.902. The van der Waals surface area contributed by atoms with E-state index in [0.717, 1.165) is 37.3 Å². The number of carbonyl (C=O) groups excluding carboxylic acids is 1. The van der Waals surface area contributed by atoms with Crippen LogP contribution in [0.5, 0.6) is 0 Å². The molecule has 1 aromatic heterocycles. The Hall–Kier alpha value is -2.01. The van der Waals surface area contributed by atoms with Gasteiger partial charge in [-0.05, 0) is 63.7 Å². The van der Waals surface area contributed by atoms with Crippen molar-refractivity contribution in [1.29, 1.82) is 0 Å². The Kier molecular flexibility index (Phi) is 6.27. The zero-order valence-corrected chi connectivity index (χ0v) is 18.2. The number of primary sulfonamides is 1. The van der Waals surface area contributed by atoms with Crippen LogP contribution in [-0.4, -0.2) is 52.5 Å². The fraction of sp³-hybridized carbons (Fsp3) is 0.421. The zero-order valence-electron chi connectivity index (χ0n) is 16.6. The van der Waals surface area contributed by atoms with Gasteiger partial charge in [0.25, 0.3) is 5.91 Å². The predicted molar refractivity (Wildman–Crippen MR) is 114 cm³/mol. The summed E-state index contributed by atoms with van der Waals surface area (Å²) < 4.78 is 37.5. The van der Waals surface area contributed by atoms with Gasteiger partial charge in [0, 0.05) is 24.8 Å². The molecule has 2 aromatic rings. The van der Waals surface area contributed by atoms with Crippen LogP contribution in [0.4, 0.5) is 15.8 Å². The maximum absolute atomic E-state index is 14.7. The first-order valence-corrected chi connectivity index (χ1v) is 11.6. The van der Waals surface area contributed by atoms with Gasteiger partial charge in [0.1, 0.15) is 10.0 Å². The topological polar surface area (TPSA) is 95.7 Å². The van der Waals surface area contributed by atoms with E-state index in [1.807, 2.05) is 4.90 Å². The second-order valence-electron chi connectivity index (χ2n) is 7.42. The molecular weight excluding hydrogens is 415 g/mol. The number of nitrogens with two attached hydrogens (primary N) is 1. The van der Waals surface area contributed by atoms with E-state index >= 15 is 0 Å². The summed E-state index contributed by atoms with van der Waals surface area (Å²) in [6.07, 6.45) is 1.93. The highest BCUT2D eigenvalue weighted by molar-refractivity contribution is 7.91. The largest absolute Gasteiger partial charge is 0.369 e. The van der Waals surface area contributed by atoms with Gasteiger partial charge in [0.15, 0.2) is 0 Å². The molecule has 158 valence electrons. The van der Waals surface area contributed by atoms with Crippen LogP contribution in [0, 0.1) is 12.7 Å². The number of hydrogen-bond acceptors (Lipinski definition) is 6. The standard InChI is InChI=1S/C19H25FN4O3S2/c1-12-10-17(29(21,26)27)28-18(12)19(25)22-13-4-5-16(15(20)11-13)24-8-6-14(7-9-24)23(2)3/h4-5,10-11,14H,6-9H2,1-3H3,(H,22,25)(H2,21,26,27). The number of halogens is 1. The number of amides is 1. The van der Waals surface area contributed by atoms with E-state index in [4.69, 9.17) is 5.14 Å². The van der Waals surface area contributed by atoms with Crippen LogP contribution in [-0.2, 0) is 10.0 Å². The van der Waals surface area contributed by atoms with E-state index < -0.39 is 21.7 Å². The maximum atomic E-state index is 14.7. The average molecular weight is 441 g/mol. The van der Waals surface area contributed by atoms with Gasteiger partial charge in [-0.1, -0.05) is 0 Å². The molecule has 1 aromatic carbocycles. The van der Waals surface area contributed by atoms with Crippen molar-refractivity contribution in [1.82, 2.24) is 4.90 Å². The van der Waals surface area contributed by atoms with E-state index in [0.29, 0.717) is 23.0 Å². The minimum Gasteiger partial charge on any atom is -0.369 e. The van der Waals surface area contributed by atoms with Crippen LogP contribution >= 0.6 is 11.3 Å². The van der Waals surface area contributed by atoms with Crippen LogP contribution < -0.4 is 15.4 Å². The summed E-state index contributed by atoms with van der Waals surface area (Å²) in [6.45, 7) is 3.17. The monoisotopic (exact) mass is 440 g/mol. The SMILES string of the molecule is Cc1cc(S(N)(=O)=O)sc1C(=O)Nc1ccc(N2CCC(N(C)C)CC2)c(F)c1. The van der Waals surface area contributed by atoms with Crippen molar-refractivity contribution < 1.29 is 17.6 Å². The Labute approximate surface area is 174 Å². The number of thiophene rings is 1. The molecule has 3 N–H and O–H groups in total. The van der Waals surface area contributed by atoms with Crippen LogP contribution in [0.2, 0.25) is 0 Å². The van der Waals surface area contributed by atoms with Crippen molar-refractivity contribution in [3.8, 4) is 0 Å². The van der Waals surface area contributed by atoms with Crippen molar-refractivity contribution in [2.75, 3.05) is 37.4 Å².